The molecule has 1 aromatic carbocycles. The van der Waals surface area contributed by atoms with Gasteiger partial charge in [0.2, 0.25) is 5.91 Å². The van der Waals surface area contributed by atoms with Crippen LogP contribution in [0.25, 0.3) is 6.08 Å². The van der Waals surface area contributed by atoms with Crippen LogP contribution in [0.3, 0.4) is 0 Å². The first kappa shape index (κ1) is 14.9. The van der Waals surface area contributed by atoms with Crippen LogP contribution in [0.15, 0.2) is 47.1 Å². The Bertz CT molecular complexity index is 750. The van der Waals surface area contributed by atoms with Crippen molar-refractivity contribution in [2.75, 3.05) is 25.5 Å². The Morgan fingerprint density at radius 1 is 1.35 bits per heavy atom. The predicted octanol–water partition coefficient (Wildman–Crippen LogP) is 2.40. The van der Waals surface area contributed by atoms with Gasteiger partial charge in [-0.2, -0.15) is 0 Å². The number of carbonyl (C=O) groups is 2. The SMILES string of the molecule is CN1CCOc2ccc(NC(=O)/C=C/c3ccco3)cc2C1=O. The molecule has 1 aliphatic rings. The van der Waals surface area contributed by atoms with Gasteiger partial charge in [0.15, 0.2) is 0 Å². The Labute approximate surface area is 133 Å². The second kappa shape index (κ2) is 6.39. The minimum Gasteiger partial charge on any atom is -0.491 e. The predicted molar refractivity (Wildman–Crippen MR) is 85.3 cm³/mol. The van der Waals surface area contributed by atoms with Gasteiger partial charge in [-0.25, -0.2) is 0 Å². The number of fused-ring (bicyclic) bond motifs is 1. The van der Waals surface area contributed by atoms with Crippen LogP contribution in [0.2, 0.25) is 0 Å². The molecule has 0 saturated carbocycles. The van der Waals surface area contributed by atoms with Crippen LogP contribution in [0.4, 0.5) is 5.69 Å². The molecular formula is C17H16N2O4. The molecule has 1 N–H and O–H groups in total. The van der Waals surface area contributed by atoms with E-state index < -0.39 is 0 Å². The van der Waals surface area contributed by atoms with Crippen molar-refractivity contribution in [1.82, 2.24) is 4.90 Å². The van der Waals surface area contributed by atoms with Crippen molar-refractivity contribution in [3.05, 3.63) is 54.0 Å². The summed E-state index contributed by atoms with van der Waals surface area (Å²) in [6.07, 6.45) is 4.47. The molecule has 1 aliphatic heterocycles. The Kier molecular flexibility index (Phi) is 4.14. The summed E-state index contributed by atoms with van der Waals surface area (Å²) in [6.45, 7) is 0.980. The fraction of sp³-hybridized carbons (Fsp3) is 0.176. The summed E-state index contributed by atoms with van der Waals surface area (Å²) in [7, 11) is 1.72. The molecule has 0 unspecified atom stereocenters. The maximum atomic E-state index is 12.3. The molecule has 2 heterocycles. The fourth-order valence-electron chi connectivity index (χ4n) is 2.23. The van der Waals surface area contributed by atoms with Gasteiger partial charge < -0.3 is 19.4 Å². The van der Waals surface area contributed by atoms with E-state index in [1.54, 1.807) is 48.4 Å². The highest BCUT2D eigenvalue weighted by atomic mass is 16.5. The first-order valence-corrected chi connectivity index (χ1v) is 7.18. The Morgan fingerprint density at radius 3 is 3.00 bits per heavy atom. The number of rotatable bonds is 3. The Balaban J connectivity index is 1.75. The van der Waals surface area contributed by atoms with Gasteiger partial charge in [-0.3, -0.25) is 9.59 Å². The molecule has 23 heavy (non-hydrogen) atoms. The van der Waals surface area contributed by atoms with E-state index in [0.717, 1.165) is 0 Å². The van der Waals surface area contributed by atoms with Crippen LogP contribution in [0, 0.1) is 0 Å². The summed E-state index contributed by atoms with van der Waals surface area (Å²) in [5.74, 6) is 0.687. The number of carbonyl (C=O) groups excluding carboxylic acids is 2. The zero-order valence-electron chi connectivity index (χ0n) is 12.6. The third kappa shape index (κ3) is 3.42. The number of anilines is 1. The molecule has 0 atom stereocenters. The van der Waals surface area contributed by atoms with E-state index >= 15 is 0 Å². The van der Waals surface area contributed by atoms with Crippen molar-refractivity contribution >= 4 is 23.6 Å². The van der Waals surface area contributed by atoms with Gasteiger partial charge in [0.1, 0.15) is 18.1 Å². The number of nitrogens with one attached hydrogen (secondary N) is 1. The van der Waals surface area contributed by atoms with Gasteiger partial charge >= 0.3 is 0 Å². The van der Waals surface area contributed by atoms with Crippen molar-refractivity contribution in [3.63, 3.8) is 0 Å². The largest absolute Gasteiger partial charge is 0.491 e. The van der Waals surface area contributed by atoms with Gasteiger partial charge in [0, 0.05) is 18.8 Å². The minimum absolute atomic E-state index is 0.125. The molecule has 0 bridgehead atoms. The number of benzene rings is 1. The van der Waals surface area contributed by atoms with Crippen molar-refractivity contribution in [3.8, 4) is 5.75 Å². The zero-order valence-corrected chi connectivity index (χ0v) is 12.6. The minimum atomic E-state index is -0.309. The number of nitrogens with zero attached hydrogens (tertiary/aromatic N) is 1. The standard InChI is InChI=1S/C17H16N2O4/c1-19-8-10-23-15-6-4-12(11-14(15)17(19)21)18-16(20)7-5-13-3-2-9-22-13/h2-7,9,11H,8,10H2,1H3,(H,18,20)/b7-5+. The van der Waals surface area contributed by atoms with E-state index in [-0.39, 0.29) is 11.8 Å². The number of ether oxygens (including phenoxy) is 1. The van der Waals surface area contributed by atoms with E-state index in [9.17, 15) is 9.59 Å². The van der Waals surface area contributed by atoms with Crippen molar-refractivity contribution in [2.24, 2.45) is 0 Å². The van der Waals surface area contributed by atoms with Crippen LogP contribution in [-0.4, -0.2) is 36.9 Å². The number of hydrogen-bond donors (Lipinski definition) is 1. The smallest absolute Gasteiger partial charge is 0.257 e. The quantitative estimate of drug-likeness (QED) is 0.883. The lowest BCUT2D eigenvalue weighted by Crippen LogP contribution is -2.27. The van der Waals surface area contributed by atoms with Crippen molar-refractivity contribution in [2.45, 2.75) is 0 Å². The number of likely N-dealkylation sites (N-methyl/N-ethyl adjacent to an activating group) is 1. The lowest BCUT2D eigenvalue weighted by molar-refractivity contribution is -0.111. The molecule has 0 radical (unpaired) electrons. The molecule has 118 valence electrons. The van der Waals surface area contributed by atoms with E-state index in [0.29, 0.717) is 35.9 Å². The number of hydrogen-bond acceptors (Lipinski definition) is 4. The molecule has 6 nitrogen and oxygen atoms in total. The summed E-state index contributed by atoms with van der Waals surface area (Å²) in [6, 6.07) is 8.51. The molecule has 0 saturated heterocycles. The van der Waals surface area contributed by atoms with E-state index in [2.05, 4.69) is 5.32 Å². The van der Waals surface area contributed by atoms with Gasteiger partial charge in [-0.15, -0.1) is 0 Å². The molecule has 3 rings (SSSR count). The third-order valence-corrected chi connectivity index (χ3v) is 3.45. The summed E-state index contributed by atoms with van der Waals surface area (Å²) in [5.41, 5.74) is 0.975. The zero-order chi connectivity index (χ0) is 16.2. The first-order valence-electron chi connectivity index (χ1n) is 7.18. The maximum absolute atomic E-state index is 12.3. The van der Waals surface area contributed by atoms with E-state index in [4.69, 9.17) is 9.15 Å². The van der Waals surface area contributed by atoms with Crippen LogP contribution < -0.4 is 10.1 Å². The fourth-order valence-corrected chi connectivity index (χ4v) is 2.23. The summed E-state index contributed by atoms with van der Waals surface area (Å²) in [4.78, 5) is 25.8. The molecule has 0 fully saturated rings. The lowest BCUT2D eigenvalue weighted by atomic mass is 10.1. The summed E-state index contributed by atoms with van der Waals surface area (Å²) in [5, 5.41) is 2.72. The highest BCUT2D eigenvalue weighted by Gasteiger charge is 2.21. The monoisotopic (exact) mass is 312 g/mol. The third-order valence-electron chi connectivity index (χ3n) is 3.45. The molecule has 0 spiro atoms. The molecule has 1 aromatic heterocycles. The van der Waals surface area contributed by atoms with Gasteiger partial charge in [0.25, 0.3) is 5.91 Å². The Hall–Kier alpha value is -3.02. The van der Waals surface area contributed by atoms with Crippen LogP contribution in [-0.2, 0) is 4.79 Å². The average molecular weight is 312 g/mol. The van der Waals surface area contributed by atoms with Crippen LogP contribution in [0.5, 0.6) is 5.75 Å². The molecule has 6 heteroatoms. The molecule has 0 aliphatic carbocycles. The topological polar surface area (TPSA) is 71.8 Å². The summed E-state index contributed by atoms with van der Waals surface area (Å²) >= 11 is 0. The highest BCUT2D eigenvalue weighted by Crippen LogP contribution is 2.26. The molecule has 2 amide bonds. The number of furan rings is 1. The van der Waals surface area contributed by atoms with E-state index in [1.165, 1.54) is 12.3 Å². The average Bonchev–Trinajstić information content (AvgIpc) is 3.02. The first-order chi connectivity index (χ1) is 11.1. The van der Waals surface area contributed by atoms with Crippen LogP contribution >= 0.6 is 0 Å². The summed E-state index contributed by atoms with van der Waals surface area (Å²) < 4.78 is 10.7. The van der Waals surface area contributed by atoms with Crippen molar-refractivity contribution in [1.29, 1.82) is 0 Å². The molecule has 2 aromatic rings. The lowest BCUT2D eigenvalue weighted by Gasteiger charge is -2.13. The Morgan fingerprint density at radius 2 is 2.22 bits per heavy atom. The normalized spacial score (nSPS) is 14.3. The van der Waals surface area contributed by atoms with Crippen LogP contribution in [0.1, 0.15) is 16.1 Å². The second-order valence-corrected chi connectivity index (χ2v) is 5.12. The highest BCUT2D eigenvalue weighted by molar-refractivity contribution is 6.03. The van der Waals surface area contributed by atoms with Gasteiger partial charge in [-0.1, -0.05) is 0 Å². The van der Waals surface area contributed by atoms with Crippen molar-refractivity contribution < 1.29 is 18.7 Å². The van der Waals surface area contributed by atoms with E-state index in [1.807, 2.05) is 0 Å². The van der Waals surface area contributed by atoms with Gasteiger partial charge in [0.05, 0.1) is 18.4 Å². The van der Waals surface area contributed by atoms with Gasteiger partial charge in [-0.05, 0) is 36.4 Å². The number of amides is 2. The molecular weight excluding hydrogens is 296 g/mol. The second-order valence-electron chi connectivity index (χ2n) is 5.12. The maximum Gasteiger partial charge on any atom is 0.257 e.